The van der Waals surface area contributed by atoms with E-state index in [-0.39, 0.29) is 5.84 Å². The highest BCUT2D eigenvalue weighted by Gasteiger charge is 2.09. The van der Waals surface area contributed by atoms with Crippen LogP contribution in [0.4, 0.5) is 0 Å². The van der Waals surface area contributed by atoms with Gasteiger partial charge in [-0.1, -0.05) is 18.7 Å². The van der Waals surface area contributed by atoms with Crippen LogP contribution in [0.3, 0.4) is 0 Å². The van der Waals surface area contributed by atoms with Crippen molar-refractivity contribution < 1.29 is 4.74 Å². The molecule has 5 nitrogen and oxygen atoms in total. The lowest BCUT2D eigenvalue weighted by atomic mass is 10.1. The minimum atomic E-state index is 0.0584. The van der Waals surface area contributed by atoms with Gasteiger partial charge < -0.3 is 10.5 Å². The second-order valence-corrected chi connectivity index (χ2v) is 6.03. The topological polar surface area (TPSA) is 84.9 Å². The van der Waals surface area contributed by atoms with Crippen molar-refractivity contribution >= 4 is 29.1 Å². The maximum Gasteiger partial charge on any atom is 0.170 e. The molecule has 0 aliphatic rings. The van der Waals surface area contributed by atoms with Crippen LogP contribution in [0.15, 0.2) is 22.5 Å². The Bertz CT molecular complexity index is 612. The predicted octanol–water partition coefficient (Wildman–Crippen LogP) is 2.69. The van der Waals surface area contributed by atoms with Gasteiger partial charge in [0.15, 0.2) is 4.34 Å². The Hall–Kier alpha value is -1.60. The summed E-state index contributed by atoms with van der Waals surface area (Å²) in [7, 11) is 1.64. The number of nitrogens with zero attached hydrogens (tertiary/aromatic N) is 2. The van der Waals surface area contributed by atoms with Gasteiger partial charge in [0.25, 0.3) is 0 Å². The third kappa shape index (κ3) is 3.49. The Morgan fingerprint density at radius 1 is 1.50 bits per heavy atom. The Balaban J connectivity index is 2.14. The lowest BCUT2D eigenvalue weighted by molar-refractivity contribution is 0.411. The number of aromatic nitrogens is 2. The molecule has 1 aromatic heterocycles. The molecule has 0 radical (unpaired) electrons. The molecule has 0 saturated carbocycles. The summed E-state index contributed by atoms with van der Waals surface area (Å²) in [6.45, 7) is 2.04. The van der Waals surface area contributed by atoms with Gasteiger partial charge in [-0.25, -0.2) is 4.98 Å². The smallest absolute Gasteiger partial charge is 0.170 e. The number of aryl methyl sites for hydroxylation is 1. The maximum atomic E-state index is 7.49. The third-order valence-corrected chi connectivity index (χ3v) is 4.63. The van der Waals surface area contributed by atoms with Crippen LogP contribution in [0.1, 0.15) is 23.9 Å². The molecule has 106 valence electrons. The molecule has 0 aliphatic heterocycles. The highest BCUT2D eigenvalue weighted by Crippen LogP contribution is 2.29. The molecule has 7 heteroatoms. The van der Waals surface area contributed by atoms with Gasteiger partial charge in [-0.2, -0.15) is 4.37 Å². The molecule has 0 unspecified atom stereocenters. The molecule has 0 fully saturated rings. The molecule has 3 N–H and O–H groups in total. The molecule has 0 saturated heterocycles. The zero-order chi connectivity index (χ0) is 14.5. The van der Waals surface area contributed by atoms with Crippen LogP contribution in [0.2, 0.25) is 0 Å². The molecule has 1 aromatic carbocycles. The lowest BCUT2D eigenvalue weighted by Gasteiger charge is -2.09. The quantitative estimate of drug-likeness (QED) is 0.487. The summed E-state index contributed by atoms with van der Waals surface area (Å²) in [5, 5.41) is 7.49. The fraction of sp³-hybridized carbons (Fsp3) is 0.308. The predicted molar refractivity (Wildman–Crippen MR) is 82.9 cm³/mol. The first-order valence-corrected chi connectivity index (χ1v) is 7.86. The van der Waals surface area contributed by atoms with E-state index in [9.17, 15) is 0 Å². The number of nitrogens with two attached hydrogens (primary N) is 1. The molecule has 1 heterocycles. The minimum Gasteiger partial charge on any atom is -0.496 e. The number of hydrogen-bond acceptors (Lipinski definition) is 6. The van der Waals surface area contributed by atoms with E-state index in [2.05, 4.69) is 9.36 Å². The summed E-state index contributed by atoms with van der Waals surface area (Å²) >= 11 is 3.02. The highest BCUT2D eigenvalue weighted by molar-refractivity contribution is 8.00. The fourth-order valence-corrected chi connectivity index (χ4v) is 3.31. The number of nitrogen functional groups attached to an aromatic ring is 1. The standard InChI is InChI=1S/C13H16N4OS2/c1-3-11-16-13(20-17-11)19-7-9-6-8(12(14)15)4-5-10(9)18-2/h4-6H,3,7H2,1-2H3,(H3,14,15). The average molecular weight is 308 g/mol. The van der Waals surface area contributed by atoms with E-state index in [1.165, 1.54) is 11.5 Å². The number of amidine groups is 1. The van der Waals surface area contributed by atoms with Crippen LogP contribution in [0, 0.1) is 5.41 Å². The summed E-state index contributed by atoms with van der Waals surface area (Å²) in [6, 6.07) is 5.51. The van der Waals surface area contributed by atoms with Crippen molar-refractivity contribution in [2.45, 2.75) is 23.4 Å². The van der Waals surface area contributed by atoms with E-state index in [0.29, 0.717) is 11.3 Å². The normalized spacial score (nSPS) is 10.5. The molecule has 0 bridgehead atoms. The number of hydrogen-bond donors (Lipinski definition) is 2. The van der Waals surface area contributed by atoms with Crippen LogP contribution < -0.4 is 10.5 Å². The minimum absolute atomic E-state index is 0.0584. The second kappa shape index (κ2) is 6.71. The van der Waals surface area contributed by atoms with Gasteiger partial charge in [-0.3, -0.25) is 5.41 Å². The van der Waals surface area contributed by atoms with Crippen LogP contribution in [0.25, 0.3) is 0 Å². The number of nitrogens with one attached hydrogen (secondary N) is 1. The maximum absolute atomic E-state index is 7.49. The van der Waals surface area contributed by atoms with Crippen molar-refractivity contribution in [1.29, 1.82) is 5.41 Å². The van der Waals surface area contributed by atoms with E-state index in [1.807, 2.05) is 19.1 Å². The van der Waals surface area contributed by atoms with Crippen molar-refractivity contribution in [3.63, 3.8) is 0 Å². The largest absolute Gasteiger partial charge is 0.496 e. The van der Waals surface area contributed by atoms with Crippen molar-refractivity contribution in [3.8, 4) is 5.75 Å². The van der Waals surface area contributed by atoms with Crippen LogP contribution >= 0.6 is 23.3 Å². The van der Waals surface area contributed by atoms with E-state index in [1.54, 1.807) is 24.9 Å². The van der Waals surface area contributed by atoms with Crippen LogP contribution in [-0.2, 0) is 12.2 Å². The van der Waals surface area contributed by atoms with Gasteiger partial charge in [0, 0.05) is 23.3 Å². The summed E-state index contributed by atoms with van der Waals surface area (Å²) in [5.41, 5.74) is 7.22. The van der Waals surface area contributed by atoms with Gasteiger partial charge in [0.05, 0.1) is 7.11 Å². The Kier molecular flexibility index (Phi) is 4.97. The van der Waals surface area contributed by atoms with Gasteiger partial charge in [0.2, 0.25) is 0 Å². The number of methoxy groups -OCH3 is 1. The zero-order valence-electron chi connectivity index (χ0n) is 11.3. The molecule has 0 aliphatic carbocycles. The second-order valence-electron chi connectivity index (χ2n) is 4.06. The molecule has 2 rings (SSSR count). The lowest BCUT2D eigenvalue weighted by Crippen LogP contribution is -2.11. The zero-order valence-corrected chi connectivity index (χ0v) is 13.0. The van der Waals surface area contributed by atoms with Gasteiger partial charge in [-0.15, -0.1) is 0 Å². The molecule has 20 heavy (non-hydrogen) atoms. The van der Waals surface area contributed by atoms with Gasteiger partial charge >= 0.3 is 0 Å². The summed E-state index contributed by atoms with van der Waals surface area (Å²) in [5.74, 6) is 2.44. The Labute approximate surface area is 126 Å². The SMILES string of the molecule is CCc1nsc(SCc2cc(C(=N)N)ccc2OC)n1. The number of thioether (sulfide) groups is 1. The van der Waals surface area contributed by atoms with Crippen molar-refractivity contribution in [3.05, 3.63) is 35.2 Å². The van der Waals surface area contributed by atoms with Crippen LogP contribution in [0.5, 0.6) is 5.75 Å². The third-order valence-electron chi connectivity index (χ3n) is 2.71. The summed E-state index contributed by atoms with van der Waals surface area (Å²) in [6.07, 6.45) is 0.847. The molecule has 0 amide bonds. The molecular weight excluding hydrogens is 292 g/mol. The molecular formula is C13H16N4OS2. The monoisotopic (exact) mass is 308 g/mol. The van der Waals surface area contributed by atoms with E-state index in [0.717, 1.165) is 27.9 Å². The van der Waals surface area contributed by atoms with E-state index in [4.69, 9.17) is 15.9 Å². The van der Waals surface area contributed by atoms with Gasteiger partial charge in [0.1, 0.15) is 17.4 Å². The summed E-state index contributed by atoms with van der Waals surface area (Å²) < 4.78 is 10.5. The first-order valence-electron chi connectivity index (χ1n) is 6.10. The Morgan fingerprint density at radius 2 is 2.30 bits per heavy atom. The first-order chi connectivity index (χ1) is 9.63. The number of benzene rings is 1. The molecule has 0 atom stereocenters. The van der Waals surface area contributed by atoms with Gasteiger partial charge in [-0.05, 0) is 29.7 Å². The number of rotatable bonds is 6. The van der Waals surface area contributed by atoms with E-state index < -0.39 is 0 Å². The molecule has 2 aromatic rings. The highest BCUT2D eigenvalue weighted by atomic mass is 32.2. The Morgan fingerprint density at radius 3 is 2.90 bits per heavy atom. The number of ether oxygens (including phenoxy) is 1. The fourth-order valence-electron chi connectivity index (χ4n) is 1.64. The average Bonchev–Trinajstić information content (AvgIpc) is 2.92. The van der Waals surface area contributed by atoms with E-state index >= 15 is 0 Å². The summed E-state index contributed by atoms with van der Waals surface area (Å²) in [4.78, 5) is 4.42. The molecule has 0 spiro atoms. The van der Waals surface area contributed by atoms with Crippen molar-refractivity contribution in [1.82, 2.24) is 9.36 Å². The van der Waals surface area contributed by atoms with Crippen molar-refractivity contribution in [2.24, 2.45) is 5.73 Å². The first kappa shape index (κ1) is 14.8. The van der Waals surface area contributed by atoms with Crippen molar-refractivity contribution in [2.75, 3.05) is 7.11 Å². The van der Waals surface area contributed by atoms with Crippen LogP contribution in [-0.4, -0.2) is 22.3 Å².